The van der Waals surface area contributed by atoms with Crippen molar-refractivity contribution >= 4 is 21.7 Å². The second kappa shape index (κ2) is 11.3. The molecule has 0 spiro atoms. The van der Waals surface area contributed by atoms with Crippen molar-refractivity contribution in [3.05, 3.63) is 95.6 Å². The number of hydrogen-bond acceptors (Lipinski definition) is 6. The summed E-state index contributed by atoms with van der Waals surface area (Å²) < 4.78 is 53.4. The predicted molar refractivity (Wildman–Crippen MR) is 135 cm³/mol. The van der Waals surface area contributed by atoms with Gasteiger partial charge in [-0.2, -0.15) is 0 Å². The molecule has 0 amide bonds. The maximum absolute atomic E-state index is 13.6. The van der Waals surface area contributed by atoms with Crippen molar-refractivity contribution < 1.29 is 31.9 Å². The Morgan fingerprint density at radius 3 is 2.57 bits per heavy atom. The van der Waals surface area contributed by atoms with E-state index in [2.05, 4.69) is 9.71 Å². The number of halogens is 1. The highest BCUT2D eigenvalue weighted by molar-refractivity contribution is 7.92. The Morgan fingerprint density at radius 1 is 1.05 bits per heavy atom. The third-order valence-corrected chi connectivity index (χ3v) is 6.92. The van der Waals surface area contributed by atoms with Crippen LogP contribution in [0.4, 0.5) is 10.1 Å². The molecule has 192 valence electrons. The molecule has 0 saturated heterocycles. The van der Waals surface area contributed by atoms with Gasteiger partial charge in [-0.1, -0.05) is 30.3 Å². The minimum Gasteiger partial charge on any atom is -0.493 e. The second-order valence-electron chi connectivity index (χ2n) is 8.26. The fourth-order valence-electron chi connectivity index (χ4n) is 3.67. The van der Waals surface area contributed by atoms with Crippen molar-refractivity contribution in [3.63, 3.8) is 0 Å². The first-order chi connectivity index (χ1) is 17.7. The van der Waals surface area contributed by atoms with Gasteiger partial charge < -0.3 is 14.3 Å². The van der Waals surface area contributed by atoms with Crippen molar-refractivity contribution in [3.8, 4) is 17.2 Å². The number of benzene rings is 3. The number of ether oxygens (including phenoxy) is 1. The van der Waals surface area contributed by atoms with Gasteiger partial charge in [0.25, 0.3) is 10.0 Å². The number of oxazole rings is 1. The molecule has 0 bridgehead atoms. The molecule has 1 heterocycles. The number of nitrogens with zero attached hydrogens (tertiary/aromatic N) is 1. The van der Waals surface area contributed by atoms with Gasteiger partial charge in [0.05, 0.1) is 22.9 Å². The number of hydrogen-bond donors (Lipinski definition) is 2. The van der Waals surface area contributed by atoms with E-state index in [4.69, 9.17) is 14.3 Å². The lowest BCUT2D eigenvalue weighted by atomic mass is 10.1. The van der Waals surface area contributed by atoms with Gasteiger partial charge in [-0.3, -0.25) is 9.52 Å². The summed E-state index contributed by atoms with van der Waals surface area (Å²) in [5.74, 6) is -0.137. The average Bonchev–Trinajstić information content (AvgIpc) is 3.24. The second-order valence-corrected chi connectivity index (χ2v) is 9.94. The van der Waals surface area contributed by atoms with E-state index in [1.165, 1.54) is 18.2 Å². The topological polar surface area (TPSA) is 119 Å². The van der Waals surface area contributed by atoms with Crippen molar-refractivity contribution in [1.29, 1.82) is 0 Å². The Kier molecular flexibility index (Phi) is 7.88. The molecule has 4 aromatic rings. The average molecular weight is 525 g/mol. The number of sulfonamides is 1. The van der Waals surface area contributed by atoms with E-state index in [9.17, 15) is 17.6 Å². The first-order valence-corrected chi connectivity index (χ1v) is 13.0. The number of aliphatic carboxylic acids is 1. The lowest BCUT2D eigenvalue weighted by Gasteiger charge is -2.15. The molecule has 8 nitrogen and oxygen atoms in total. The molecule has 4 rings (SSSR count). The molecule has 0 aliphatic carbocycles. The summed E-state index contributed by atoms with van der Waals surface area (Å²) in [6.07, 6.45) is 0.356. The molecule has 0 aliphatic heterocycles. The molecule has 0 radical (unpaired) electrons. The zero-order valence-electron chi connectivity index (χ0n) is 20.0. The Hall–Kier alpha value is -4.18. The van der Waals surface area contributed by atoms with E-state index in [-0.39, 0.29) is 30.0 Å². The number of carboxylic acids is 1. The van der Waals surface area contributed by atoms with Gasteiger partial charge in [0.15, 0.2) is 0 Å². The number of carbonyl (C=O) groups is 1. The highest BCUT2D eigenvalue weighted by atomic mass is 32.2. The van der Waals surface area contributed by atoms with Crippen molar-refractivity contribution in [2.45, 2.75) is 31.1 Å². The number of aryl methyl sites for hydroxylation is 2. The van der Waals surface area contributed by atoms with Gasteiger partial charge in [-0.05, 0) is 55.3 Å². The molecule has 0 unspecified atom stereocenters. The van der Waals surface area contributed by atoms with E-state index in [0.29, 0.717) is 29.4 Å². The maximum Gasteiger partial charge on any atom is 0.303 e. The summed E-state index contributed by atoms with van der Waals surface area (Å²) in [6.45, 7) is 2.07. The molecule has 1 aromatic heterocycles. The smallest absolute Gasteiger partial charge is 0.303 e. The molecule has 10 heteroatoms. The van der Waals surface area contributed by atoms with Gasteiger partial charge in [-0.15, -0.1) is 0 Å². The summed E-state index contributed by atoms with van der Waals surface area (Å²) >= 11 is 0. The van der Waals surface area contributed by atoms with Gasteiger partial charge in [0.1, 0.15) is 17.3 Å². The van der Waals surface area contributed by atoms with Crippen LogP contribution in [0.5, 0.6) is 5.75 Å². The van der Waals surface area contributed by atoms with Crippen molar-refractivity contribution in [2.75, 3.05) is 11.3 Å². The lowest BCUT2D eigenvalue weighted by Crippen LogP contribution is -2.15. The van der Waals surface area contributed by atoms with Gasteiger partial charge >= 0.3 is 5.97 Å². The van der Waals surface area contributed by atoms with Crippen LogP contribution < -0.4 is 9.46 Å². The molecular weight excluding hydrogens is 499 g/mol. The zero-order chi connectivity index (χ0) is 26.4. The standard InChI is InChI=1S/C27H25FN2O6S/c1-18-24(29-27(36-18)20-6-3-2-4-7-20)14-15-35-22-12-10-19(11-13-26(31)32)25(17-22)30-37(33,34)23-9-5-8-21(28)16-23/h2-10,12,16-17,30H,11,13-15H2,1H3,(H,31,32). The van der Waals surface area contributed by atoms with Crippen LogP contribution in [0.15, 0.2) is 82.1 Å². The minimum atomic E-state index is -4.12. The van der Waals surface area contributed by atoms with Gasteiger partial charge in [0.2, 0.25) is 5.89 Å². The highest BCUT2D eigenvalue weighted by Gasteiger charge is 2.18. The Labute approximate surface area is 213 Å². The van der Waals surface area contributed by atoms with Crippen molar-refractivity contribution in [1.82, 2.24) is 4.98 Å². The predicted octanol–water partition coefficient (Wildman–Crippen LogP) is 5.23. The highest BCUT2D eigenvalue weighted by Crippen LogP contribution is 2.27. The van der Waals surface area contributed by atoms with E-state index >= 15 is 0 Å². The normalized spacial score (nSPS) is 11.3. The third kappa shape index (κ3) is 6.73. The molecular formula is C27H25FN2O6S. The van der Waals surface area contributed by atoms with Gasteiger partial charge in [0, 0.05) is 24.5 Å². The lowest BCUT2D eigenvalue weighted by molar-refractivity contribution is -0.136. The quantitative estimate of drug-likeness (QED) is 0.276. The summed E-state index contributed by atoms with van der Waals surface area (Å²) in [5.41, 5.74) is 2.23. The SMILES string of the molecule is Cc1oc(-c2ccccc2)nc1CCOc1ccc(CCC(=O)O)c(NS(=O)(=O)c2cccc(F)c2)c1. The summed E-state index contributed by atoms with van der Waals surface area (Å²) in [6, 6.07) is 18.9. The van der Waals surface area contributed by atoms with E-state index in [1.54, 1.807) is 12.1 Å². The summed E-state index contributed by atoms with van der Waals surface area (Å²) in [7, 11) is -4.12. The Bertz CT molecular complexity index is 1500. The van der Waals surface area contributed by atoms with Crippen LogP contribution in [0.25, 0.3) is 11.5 Å². The van der Waals surface area contributed by atoms with Crippen LogP contribution in [0.2, 0.25) is 0 Å². The molecule has 0 atom stereocenters. The number of nitrogens with one attached hydrogen (secondary N) is 1. The Morgan fingerprint density at radius 2 is 1.84 bits per heavy atom. The zero-order valence-corrected chi connectivity index (χ0v) is 20.8. The van der Waals surface area contributed by atoms with Crippen LogP contribution in [-0.2, 0) is 27.7 Å². The fourth-order valence-corrected chi connectivity index (χ4v) is 4.79. The van der Waals surface area contributed by atoms with Gasteiger partial charge in [-0.25, -0.2) is 17.8 Å². The molecule has 0 fully saturated rings. The molecule has 0 aliphatic rings. The first-order valence-electron chi connectivity index (χ1n) is 11.5. The number of aromatic nitrogens is 1. The molecule has 37 heavy (non-hydrogen) atoms. The minimum absolute atomic E-state index is 0.0943. The number of carboxylic acid groups (broad SMARTS) is 1. The molecule has 3 aromatic carbocycles. The third-order valence-electron chi connectivity index (χ3n) is 5.56. The van der Waals surface area contributed by atoms with E-state index in [1.807, 2.05) is 37.3 Å². The monoisotopic (exact) mass is 524 g/mol. The van der Waals surface area contributed by atoms with Crippen LogP contribution in [0.3, 0.4) is 0 Å². The fraction of sp³-hybridized carbons (Fsp3) is 0.185. The van der Waals surface area contributed by atoms with Crippen molar-refractivity contribution in [2.24, 2.45) is 0 Å². The summed E-state index contributed by atoms with van der Waals surface area (Å²) in [5, 5.41) is 9.06. The largest absolute Gasteiger partial charge is 0.493 e. The van der Waals surface area contributed by atoms with E-state index < -0.39 is 21.8 Å². The number of rotatable bonds is 11. The van der Waals surface area contributed by atoms with Crippen LogP contribution in [0, 0.1) is 12.7 Å². The molecule has 0 saturated carbocycles. The maximum atomic E-state index is 13.6. The first kappa shape index (κ1) is 25.9. The molecule has 2 N–H and O–H groups in total. The Balaban J connectivity index is 1.50. The number of anilines is 1. The van der Waals surface area contributed by atoms with Crippen LogP contribution >= 0.6 is 0 Å². The van der Waals surface area contributed by atoms with Crippen LogP contribution in [-0.4, -0.2) is 31.1 Å². The van der Waals surface area contributed by atoms with Crippen LogP contribution in [0.1, 0.15) is 23.4 Å². The summed E-state index contributed by atoms with van der Waals surface area (Å²) in [4.78, 5) is 15.4. The van der Waals surface area contributed by atoms with E-state index in [0.717, 1.165) is 23.4 Å².